The Morgan fingerprint density at radius 2 is 2.25 bits per heavy atom. The lowest BCUT2D eigenvalue weighted by Crippen LogP contribution is -2.23. The Labute approximate surface area is 120 Å². The van der Waals surface area contributed by atoms with Gasteiger partial charge in [-0.05, 0) is 12.1 Å². The topological polar surface area (TPSA) is 60.6 Å². The molecule has 20 heavy (non-hydrogen) atoms. The first-order chi connectivity index (χ1) is 9.92. The van der Waals surface area contributed by atoms with E-state index < -0.39 is 0 Å². The number of aromatic nitrogens is 4. The van der Waals surface area contributed by atoms with Gasteiger partial charge < -0.3 is 14.9 Å². The molecule has 3 aromatic heterocycles. The van der Waals surface area contributed by atoms with Gasteiger partial charge in [0.05, 0.1) is 23.9 Å². The van der Waals surface area contributed by atoms with E-state index >= 15 is 0 Å². The van der Waals surface area contributed by atoms with Crippen LogP contribution in [0.4, 0.5) is 5.69 Å². The molecule has 0 bridgehead atoms. The second kappa shape index (κ2) is 4.72. The molecule has 0 atom stereocenters. The van der Waals surface area contributed by atoms with E-state index in [1.54, 1.807) is 6.33 Å². The molecule has 4 heterocycles. The first kappa shape index (κ1) is 11.6. The lowest BCUT2D eigenvalue weighted by Gasteiger charge is -2.26. The van der Waals surface area contributed by atoms with Gasteiger partial charge in [0.15, 0.2) is 0 Å². The molecule has 100 valence electrons. The van der Waals surface area contributed by atoms with Gasteiger partial charge in [-0.1, -0.05) is 0 Å². The van der Waals surface area contributed by atoms with Gasteiger partial charge in [0.2, 0.25) is 0 Å². The fourth-order valence-electron chi connectivity index (χ4n) is 2.42. The Kier molecular flexibility index (Phi) is 2.74. The van der Waals surface area contributed by atoms with Gasteiger partial charge in [0.1, 0.15) is 5.65 Å². The number of imidazole rings is 1. The summed E-state index contributed by atoms with van der Waals surface area (Å²) in [4.78, 5) is 18.3. The molecule has 6 heteroatoms. The summed E-state index contributed by atoms with van der Waals surface area (Å²) in [6.07, 6.45) is 9.54. The molecular weight excluding hydrogens is 270 g/mol. The van der Waals surface area contributed by atoms with E-state index in [1.807, 2.05) is 30.4 Å². The molecule has 0 aromatic carbocycles. The predicted octanol–water partition coefficient (Wildman–Crippen LogP) is 2.84. The van der Waals surface area contributed by atoms with Crippen molar-refractivity contribution in [3.63, 3.8) is 0 Å². The van der Waals surface area contributed by atoms with Crippen molar-refractivity contribution in [3.05, 3.63) is 48.9 Å². The number of H-pyrrole nitrogens is 2. The lowest BCUT2D eigenvalue weighted by atomic mass is 10.2. The molecular formula is C14H13N5S. The molecule has 1 aliphatic rings. The average Bonchev–Trinajstić information content (AvgIpc) is 3.18. The highest BCUT2D eigenvalue weighted by Gasteiger charge is 2.16. The second-order valence-corrected chi connectivity index (χ2v) is 5.71. The summed E-state index contributed by atoms with van der Waals surface area (Å²) in [7, 11) is 0. The van der Waals surface area contributed by atoms with Crippen molar-refractivity contribution in [2.24, 2.45) is 0 Å². The van der Waals surface area contributed by atoms with Crippen molar-refractivity contribution in [1.82, 2.24) is 19.9 Å². The van der Waals surface area contributed by atoms with Crippen molar-refractivity contribution < 1.29 is 0 Å². The molecule has 0 spiro atoms. The zero-order chi connectivity index (χ0) is 13.4. The number of aromatic amines is 2. The molecule has 0 fully saturated rings. The monoisotopic (exact) mass is 283 g/mol. The number of nitrogens with zero attached hydrogens (tertiary/aromatic N) is 3. The smallest absolute Gasteiger partial charge is 0.139 e. The fraction of sp³-hybridized carbons (Fsp3) is 0.143. The third-order valence-electron chi connectivity index (χ3n) is 3.37. The van der Waals surface area contributed by atoms with Gasteiger partial charge in [0, 0.05) is 41.2 Å². The summed E-state index contributed by atoms with van der Waals surface area (Å²) in [5, 5.41) is 1.15. The summed E-state index contributed by atoms with van der Waals surface area (Å²) in [6, 6.07) is 4.14. The Bertz CT molecular complexity index is 759. The van der Waals surface area contributed by atoms with Crippen LogP contribution in [0, 0.1) is 0 Å². The number of hydrogen-bond donors (Lipinski definition) is 2. The number of thioether (sulfide) groups is 1. The van der Waals surface area contributed by atoms with Crippen LogP contribution in [0.25, 0.3) is 15.9 Å². The number of nitrogens with one attached hydrogen (secondary N) is 2. The van der Waals surface area contributed by atoms with Crippen LogP contribution in [0.2, 0.25) is 0 Å². The molecule has 4 rings (SSSR count). The highest BCUT2D eigenvalue weighted by atomic mass is 32.2. The maximum absolute atomic E-state index is 4.34. The van der Waals surface area contributed by atoms with E-state index in [1.165, 1.54) is 10.6 Å². The summed E-state index contributed by atoms with van der Waals surface area (Å²) in [6.45, 7) is 0.993. The summed E-state index contributed by atoms with van der Waals surface area (Å²) in [5.74, 6) is 1.05. The Morgan fingerprint density at radius 3 is 3.15 bits per heavy atom. The third kappa shape index (κ3) is 1.89. The van der Waals surface area contributed by atoms with Crippen molar-refractivity contribution in [2.75, 3.05) is 17.2 Å². The molecule has 0 aliphatic carbocycles. The number of anilines is 1. The number of fused-ring (bicyclic) bond motifs is 1. The molecule has 1 aliphatic heterocycles. The first-order valence-electron chi connectivity index (χ1n) is 6.44. The Balaban J connectivity index is 1.78. The maximum atomic E-state index is 4.34. The predicted molar refractivity (Wildman–Crippen MR) is 82.5 cm³/mol. The van der Waals surface area contributed by atoms with E-state index in [0.29, 0.717) is 0 Å². The Hall–Kier alpha value is -2.21. The number of rotatable bonds is 2. The summed E-state index contributed by atoms with van der Waals surface area (Å²) >= 11 is 1.85. The molecule has 0 saturated heterocycles. The number of pyridine rings is 1. The largest absolute Gasteiger partial charge is 0.346 e. The second-order valence-electron chi connectivity index (χ2n) is 4.57. The van der Waals surface area contributed by atoms with Gasteiger partial charge in [-0.3, -0.25) is 0 Å². The molecule has 2 N–H and O–H groups in total. The van der Waals surface area contributed by atoms with Crippen molar-refractivity contribution in [1.29, 1.82) is 0 Å². The van der Waals surface area contributed by atoms with Crippen LogP contribution in [0.3, 0.4) is 0 Å². The van der Waals surface area contributed by atoms with Crippen LogP contribution in [-0.4, -0.2) is 32.2 Å². The molecule has 0 unspecified atom stereocenters. The normalized spacial score (nSPS) is 15.6. The molecule has 5 nitrogen and oxygen atoms in total. The van der Waals surface area contributed by atoms with Crippen LogP contribution < -0.4 is 4.90 Å². The van der Waals surface area contributed by atoms with Crippen LogP contribution in [0.5, 0.6) is 0 Å². The SMILES string of the molecule is C1=C(c2cnc[nH]2)SCCN1c1ccnc2[nH]ccc12. The van der Waals surface area contributed by atoms with E-state index in [2.05, 4.69) is 43.2 Å². The standard InChI is InChI=1S/C14H13N5S/c1-3-16-14-10(1)12(2-4-17-14)19-5-6-20-13(8-19)11-7-15-9-18-11/h1-4,7-9H,5-6H2,(H,15,18)(H,16,17). The Morgan fingerprint density at radius 1 is 1.25 bits per heavy atom. The minimum Gasteiger partial charge on any atom is -0.346 e. The maximum Gasteiger partial charge on any atom is 0.139 e. The zero-order valence-electron chi connectivity index (χ0n) is 10.7. The molecule has 3 aromatic rings. The van der Waals surface area contributed by atoms with Gasteiger partial charge in [-0.2, -0.15) is 0 Å². The van der Waals surface area contributed by atoms with Gasteiger partial charge in [-0.15, -0.1) is 11.8 Å². The van der Waals surface area contributed by atoms with E-state index in [-0.39, 0.29) is 0 Å². The lowest BCUT2D eigenvalue weighted by molar-refractivity contribution is 1.03. The minimum atomic E-state index is 0.928. The van der Waals surface area contributed by atoms with Crippen LogP contribution in [0.1, 0.15) is 5.69 Å². The van der Waals surface area contributed by atoms with Crippen LogP contribution in [0.15, 0.2) is 43.3 Å². The highest BCUT2D eigenvalue weighted by Crippen LogP contribution is 2.34. The number of hydrogen-bond acceptors (Lipinski definition) is 4. The van der Waals surface area contributed by atoms with Gasteiger partial charge >= 0.3 is 0 Å². The third-order valence-corrected chi connectivity index (χ3v) is 4.40. The minimum absolute atomic E-state index is 0.928. The van der Waals surface area contributed by atoms with Crippen molar-refractivity contribution in [2.45, 2.75) is 0 Å². The zero-order valence-corrected chi connectivity index (χ0v) is 11.5. The van der Waals surface area contributed by atoms with Crippen LogP contribution in [-0.2, 0) is 0 Å². The van der Waals surface area contributed by atoms with Gasteiger partial charge in [-0.25, -0.2) is 9.97 Å². The fourth-order valence-corrected chi connectivity index (χ4v) is 3.40. The average molecular weight is 283 g/mol. The summed E-state index contributed by atoms with van der Waals surface area (Å²) < 4.78 is 0. The van der Waals surface area contributed by atoms with Gasteiger partial charge in [0.25, 0.3) is 0 Å². The van der Waals surface area contributed by atoms with Crippen molar-refractivity contribution in [3.8, 4) is 0 Å². The molecule has 0 saturated carbocycles. The van der Waals surface area contributed by atoms with Crippen molar-refractivity contribution >= 4 is 33.4 Å². The van der Waals surface area contributed by atoms with E-state index in [9.17, 15) is 0 Å². The molecule has 0 radical (unpaired) electrons. The van der Waals surface area contributed by atoms with E-state index in [4.69, 9.17) is 0 Å². The van der Waals surface area contributed by atoms with Crippen LogP contribution >= 0.6 is 11.8 Å². The first-order valence-corrected chi connectivity index (χ1v) is 7.42. The van der Waals surface area contributed by atoms with E-state index in [0.717, 1.165) is 29.0 Å². The molecule has 0 amide bonds. The summed E-state index contributed by atoms with van der Waals surface area (Å²) in [5.41, 5.74) is 3.19. The quantitative estimate of drug-likeness (QED) is 0.759. The highest BCUT2D eigenvalue weighted by molar-refractivity contribution is 8.08.